The maximum absolute atomic E-state index is 14.3. The van der Waals surface area contributed by atoms with Crippen LogP contribution in [0.4, 0.5) is 10.1 Å². The normalized spacial score (nSPS) is 17.6. The van der Waals surface area contributed by atoms with Crippen LogP contribution in [-0.2, 0) is 4.79 Å². The number of halogens is 1. The number of rotatable bonds is 7. The van der Waals surface area contributed by atoms with Crippen molar-refractivity contribution in [2.24, 2.45) is 0 Å². The number of hydrogen-bond acceptors (Lipinski definition) is 4. The monoisotopic (exact) mass is 371 g/mol. The lowest BCUT2D eigenvalue weighted by molar-refractivity contribution is -0.117. The Labute approximate surface area is 159 Å². The molecule has 0 saturated carbocycles. The van der Waals surface area contributed by atoms with Gasteiger partial charge in [-0.05, 0) is 42.7 Å². The van der Waals surface area contributed by atoms with Gasteiger partial charge < -0.3 is 19.2 Å². The molecule has 3 rings (SSSR count). The van der Waals surface area contributed by atoms with Gasteiger partial charge in [0.1, 0.15) is 29.2 Å². The van der Waals surface area contributed by atoms with Crippen LogP contribution in [0.2, 0.25) is 0 Å². The lowest BCUT2D eigenvalue weighted by Crippen LogP contribution is -2.25. The van der Waals surface area contributed by atoms with Gasteiger partial charge in [0.2, 0.25) is 0 Å². The first kappa shape index (κ1) is 19.2. The van der Waals surface area contributed by atoms with Crippen molar-refractivity contribution in [3.63, 3.8) is 0 Å². The van der Waals surface area contributed by atoms with Gasteiger partial charge in [-0.15, -0.1) is 0 Å². The van der Waals surface area contributed by atoms with E-state index >= 15 is 0 Å². The first-order chi connectivity index (χ1) is 13.0. The molecule has 0 radical (unpaired) electrons. The number of carbonyl (C=O) groups excluding carboxylic acids is 1. The van der Waals surface area contributed by atoms with Crippen LogP contribution in [0.5, 0.6) is 11.5 Å². The third-order valence-electron chi connectivity index (χ3n) is 4.99. The average molecular weight is 371 g/mol. The summed E-state index contributed by atoms with van der Waals surface area (Å²) in [5, 5.41) is 0. The fraction of sp³-hybridized carbons (Fsp3) is 0.409. The summed E-state index contributed by atoms with van der Waals surface area (Å²) < 4.78 is 25.4. The summed E-state index contributed by atoms with van der Waals surface area (Å²) in [6.07, 6.45) is 1.41. The molecule has 5 heteroatoms. The number of methoxy groups -OCH3 is 1. The van der Waals surface area contributed by atoms with Crippen molar-refractivity contribution in [3.8, 4) is 11.5 Å². The fourth-order valence-electron chi connectivity index (χ4n) is 3.53. The van der Waals surface area contributed by atoms with Crippen molar-refractivity contribution < 1.29 is 18.7 Å². The summed E-state index contributed by atoms with van der Waals surface area (Å²) in [5.41, 5.74) is 1.71. The molecule has 0 amide bonds. The quantitative estimate of drug-likeness (QED) is 0.714. The molecule has 1 unspecified atom stereocenters. The highest BCUT2D eigenvalue weighted by molar-refractivity contribution is 5.76. The highest BCUT2D eigenvalue weighted by atomic mass is 19.1. The van der Waals surface area contributed by atoms with Crippen LogP contribution in [0.25, 0.3) is 0 Å². The van der Waals surface area contributed by atoms with E-state index in [1.807, 2.05) is 29.2 Å². The average Bonchev–Trinajstić information content (AvgIpc) is 3.09. The third kappa shape index (κ3) is 4.79. The second kappa shape index (κ2) is 8.42. The molecule has 1 aliphatic heterocycles. The number of Topliss-reactive ketones (excluding diaryl/α,β-unsaturated/α-hetero) is 1. The van der Waals surface area contributed by atoms with E-state index in [0.29, 0.717) is 24.4 Å². The van der Waals surface area contributed by atoms with Crippen LogP contribution in [0.15, 0.2) is 42.5 Å². The van der Waals surface area contributed by atoms with Gasteiger partial charge >= 0.3 is 0 Å². The fourth-order valence-corrected chi connectivity index (χ4v) is 3.53. The van der Waals surface area contributed by atoms with Gasteiger partial charge in [-0.1, -0.05) is 19.1 Å². The van der Waals surface area contributed by atoms with Gasteiger partial charge in [-0.25, -0.2) is 4.39 Å². The summed E-state index contributed by atoms with van der Waals surface area (Å²) in [7, 11) is 1.53. The van der Waals surface area contributed by atoms with E-state index in [0.717, 1.165) is 24.3 Å². The molecule has 2 aromatic rings. The summed E-state index contributed by atoms with van der Waals surface area (Å²) in [6, 6.07) is 12.8. The highest BCUT2D eigenvalue weighted by Gasteiger charge is 2.26. The van der Waals surface area contributed by atoms with Crippen LogP contribution < -0.4 is 14.4 Å². The van der Waals surface area contributed by atoms with E-state index < -0.39 is 0 Å². The van der Waals surface area contributed by atoms with Gasteiger partial charge in [-0.2, -0.15) is 0 Å². The van der Waals surface area contributed by atoms with Gasteiger partial charge in [0.05, 0.1) is 19.3 Å². The molecule has 0 aliphatic carbocycles. The number of ether oxygens (including phenoxy) is 2. The van der Waals surface area contributed by atoms with Crippen molar-refractivity contribution >= 4 is 11.5 Å². The standard InChI is InChI=1S/C22H26FNO3/c1-15(12-16(2)25)17-4-6-18(7-5-17)27-20-10-11-24(14-20)22-9-8-19(26-3)13-21(22)23/h4-9,13,15,20H,10-12,14H2,1-3H3/t15-,20?/m1/s1. The van der Waals surface area contributed by atoms with Crippen molar-refractivity contribution in [1.82, 2.24) is 0 Å². The zero-order valence-corrected chi connectivity index (χ0v) is 16.1. The van der Waals surface area contributed by atoms with Crippen molar-refractivity contribution in [2.75, 3.05) is 25.1 Å². The Kier molecular flexibility index (Phi) is 5.99. The zero-order valence-electron chi connectivity index (χ0n) is 16.1. The molecular formula is C22H26FNO3. The minimum Gasteiger partial charge on any atom is -0.497 e. The Hall–Kier alpha value is -2.56. The molecule has 144 valence electrons. The molecule has 2 aromatic carbocycles. The van der Waals surface area contributed by atoms with E-state index in [-0.39, 0.29) is 23.6 Å². The predicted octanol–water partition coefficient (Wildman–Crippen LogP) is 4.57. The highest BCUT2D eigenvalue weighted by Crippen LogP contribution is 2.29. The number of hydrogen-bond donors (Lipinski definition) is 0. The Morgan fingerprint density at radius 3 is 2.56 bits per heavy atom. The molecule has 1 fully saturated rings. The molecule has 2 atom stereocenters. The van der Waals surface area contributed by atoms with E-state index in [1.54, 1.807) is 19.1 Å². The number of nitrogens with zero attached hydrogens (tertiary/aromatic N) is 1. The molecule has 1 saturated heterocycles. The summed E-state index contributed by atoms with van der Waals surface area (Å²) in [5.74, 6) is 1.44. The smallest absolute Gasteiger partial charge is 0.150 e. The Morgan fingerprint density at radius 2 is 1.93 bits per heavy atom. The molecule has 0 aromatic heterocycles. The number of carbonyl (C=O) groups is 1. The van der Waals surface area contributed by atoms with E-state index in [4.69, 9.17) is 9.47 Å². The van der Waals surface area contributed by atoms with Crippen LogP contribution in [0.1, 0.15) is 38.2 Å². The molecule has 4 nitrogen and oxygen atoms in total. The van der Waals surface area contributed by atoms with Crippen LogP contribution >= 0.6 is 0 Å². The maximum Gasteiger partial charge on any atom is 0.150 e. The maximum atomic E-state index is 14.3. The van der Waals surface area contributed by atoms with Crippen LogP contribution in [0.3, 0.4) is 0 Å². The molecule has 0 N–H and O–H groups in total. The van der Waals surface area contributed by atoms with E-state index in [1.165, 1.54) is 13.2 Å². The van der Waals surface area contributed by atoms with E-state index in [2.05, 4.69) is 6.92 Å². The van der Waals surface area contributed by atoms with Gasteiger partial charge in [0.15, 0.2) is 0 Å². The second-order valence-electron chi connectivity index (χ2n) is 7.17. The predicted molar refractivity (Wildman–Crippen MR) is 104 cm³/mol. The Morgan fingerprint density at radius 1 is 1.22 bits per heavy atom. The van der Waals surface area contributed by atoms with Gasteiger partial charge in [-0.3, -0.25) is 0 Å². The topological polar surface area (TPSA) is 38.8 Å². The minimum atomic E-state index is -0.279. The lowest BCUT2D eigenvalue weighted by atomic mass is 9.96. The van der Waals surface area contributed by atoms with Crippen molar-refractivity contribution in [2.45, 2.75) is 38.7 Å². The van der Waals surface area contributed by atoms with Crippen molar-refractivity contribution in [1.29, 1.82) is 0 Å². The lowest BCUT2D eigenvalue weighted by Gasteiger charge is -2.20. The molecule has 0 bridgehead atoms. The summed E-state index contributed by atoms with van der Waals surface area (Å²) >= 11 is 0. The summed E-state index contributed by atoms with van der Waals surface area (Å²) in [6.45, 7) is 5.06. The van der Waals surface area contributed by atoms with Crippen molar-refractivity contribution in [3.05, 3.63) is 53.8 Å². The molecule has 0 spiro atoms. The largest absolute Gasteiger partial charge is 0.497 e. The number of ketones is 1. The molecule has 1 heterocycles. The van der Waals surface area contributed by atoms with Gasteiger partial charge in [0, 0.05) is 25.5 Å². The first-order valence-electron chi connectivity index (χ1n) is 9.31. The minimum absolute atomic E-state index is 0.0204. The first-order valence-corrected chi connectivity index (χ1v) is 9.31. The van der Waals surface area contributed by atoms with Crippen LogP contribution in [-0.4, -0.2) is 32.1 Å². The SMILES string of the molecule is COc1ccc(N2CCC(Oc3ccc([C@H](C)CC(C)=O)cc3)C2)c(F)c1. The number of benzene rings is 2. The Balaban J connectivity index is 1.59. The number of anilines is 1. The van der Waals surface area contributed by atoms with Gasteiger partial charge in [0.25, 0.3) is 0 Å². The molecule has 1 aliphatic rings. The molecule has 27 heavy (non-hydrogen) atoms. The Bertz CT molecular complexity index is 791. The summed E-state index contributed by atoms with van der Waals surface area (Å²) in [4.78, 5) is 13.3. The second-order valence-corrected chi connectivity index (χ2v) is 7.17. The van der Waals surface area contributed by atoms with Crippen LogP contribution in [0, 0.1) is 5.82 Å². The zero-order chi connectivity index (χ0) is 19.4. The molecular weight excluding hydrogens is 345 g/mol. The van der Waals surface area contributed by atoms with E-state index in [9.17, 15) is 9.18 Å². The third-order valence-corrected chi connectivity index (χ3v) is 4.99.